The minimum Gasteiger partial charge on any atom is -0.399 e. The van der Waals surface area contributed by atoms with Gasteiger partial charge in [-0.3, -0.25) is 0 Å². The van der Waals surface area contributed by atoms with Crippen LogP contribution in [0, 0.1) is 0 Å². The fourth-order valence-corrected chi connectivity index (χ4v) is 11.3. The van der Waals surface area contributed by atoms with Gasteiger partial charge in [0.15, 0.2) is 0 Å². The van der Waals surface area contributed by atoms with Gasteiger partial charge in [-0.2, -0.15) is 21.6 Å². The van der Waals surface area contributed by atoms with Gasteiger partial charge in [0.25, 0.3) is 12.3 Å². The molecule has 0 saturated carbocycles. The summed E-state index contributed by atoms with van der Waals surface area (Å²) >= 11 is 0.105. The molecule has 0 saturated heterocycles. The molecule has 0 N–H and O–H groups in total. The first-order chi connectivity index (χ1) is 30.6. The van der Waals surface area contributed by atoms with Gasteiger partial charge in [-0.1, -0.05) is 167 Å². The third-order valence-corrected chi connectivity index (χ3v) is 14.7. The Hall–Kier alpha value is -3.46. The van der Waals surface area contributed by atoms with Gasteiger partial charge in [-0.15, -0.1) is 22.4 Å². The average Bonchev–Trinajstić information content (AvgIpc) is 3.68. The maximum absolute atomic E-state index is 13.7. The fourth-order valence-electron chi connectivity index (χ4n) is 10.5. The van der Waals surface area contributed by atoms with E-state index < -0.39 is 32.8 Å². The third-order valence-electron chi connectivity index (χ3n) is 13.4. The maximum atomic E-state index is 13.7. The SMILES string of the molecule is CCCCCCC1(CCCCCC)c2cc(OSOOC(F)(F)F)ccc2-c2ccc3c4c(ccc3c21)-c1ccc(OS(=O)(=O)C(F)(F)F)cc1C4(CCCCCC)CCCCCC. The van der Waals surface area contributed by atoms with E-state index in [2.05, 4.69) is 61.2 Å². The predicted octanol–water partition coefficient (Wildman–Crippen LogP) is 16.9. The summed E-state index contributed by atoms with van der Waals surface area (Å²) < 4.78 is 119. The Morgan fingerprint density at radius 3 is 1.30 bits per heavy atom. The maximum Gasteiger partial charge on any atom is 0.550 e. The number of rotatable bonds is 26. The quantitative estimate of drug-likeness (QED) is 0.0118. The normalized spacial score (nSPS) is 15.0. The molecule has 2 aliphatic carbocycles. The van der Waals surface area contributed by atoms with Crippen LogP contribution in [-0.4, -0.2) is 20.3 Å². The standard InChI is InChI=1S/C50H62F6O6S2/c1-5-9-13-17-29-47(30-18-14-10-6-2)43-33-35(59-63-62-61-49(51,52)53)21-23-37(43)39-25-27-42-41(45(39)47)28-26-40-38-24-22-36(60-64(57,58)50(54,55)56)34-44(38)48(46(40)42,31-19-15-11-7-3)32-20-16-12-8-4/h21-28,33-34H,5-20,29-32H2,1-4H3. The van der Waals surface area contributed by atoms with Crippen molar-refractivity contribution in [3.05, 3.63) is 82.9 Å². The molecule has 2 aliphatic rings. The summed E-state index contributed by atoms with van der Waals surface area (Å²) in [6, 6.07) is 19.0. The van der Waals surface area contributed by atoms with Crippen molar-refractivity contribution in [2.45, 2.75) is 179 Å². The second-order valence-corrected chi connectivity index (χ2v) is 19.6. The molecule has 0 spiro atoms. The van der Waals surface area contributed by atoms with E-state index in [9.17, 15) is 34.8 Å². The van der Waals surface area contributed by atoms with Gasteiger partial charge in [-0.25, -0.2) is 0 Å². The molecule has 0 atom stereocenters. The van der Waals surface area contributed by atoms with Crippen LogP contribution >= 0.6 is 12.3 Å². The van der Waals surface area contributed by atoms with Crippen LogP contribution < -0.4 is 8.37 Å². The Morgan fingerprint density at radius 2 is 0.906 bits per heavy atom. The summed E-state index contributed by atoms with van der Waals surface area (Å²) in [6.07, 6.45) is 14.2. The Balaban J connectivity index is 1.58. The second kappa shape index (κ2) is 21.4. The van der Waals surface area contributed by atoms with Crippen LogP contribution in [0.1, 0.15) is 178 Å². The molecular formula is C50H62F6O6S2. The molecule has 0 unspecified atom stereocenters. The van der Waals surface area contributed by atoms with E-state index in [1.807, 2.05) is 12.1 Å². The van der Waals surface area contributed by atoms with Gasteiger partial charge < -0.3 is 8.37 Å². The lowest BCUT2D eigenvalue weighted by Crippen LogP contribution is -2.29. The number of alkyl halides is 6. The van der Waals surface area contributed by atoms with E-state index in [4.69, 9.17) is 8.37 Å². The zero-order valence-corrected chi connectivity index (χ0v) is 39.1. The Bertz CT molecular complexity index is 2280. The van der Waals surface area contributed by atoms with Crippen molar-refractivity contribution in [3.63, 3.8) is 0 Å². The smallest absolute Gasteiger partial charge is 0.399 e. The summed E-state index contributed by atoms with van der Waals surface area (Å²) in [7, 11) is -5.91. The number of benzene rings is 4. The summed E-state index contributed by atoms with van der Waals surface area (Å²) in [5.74, 6) is -0.0287. The molecule has 4 aromatic rings. The van der Waals surface area contributed by atoms with Crippen LogP contribution in [0.5, 0.6) is 11.5 Å². The Morgan fingerprint density at radius 1 is 0.516 bits per heavy atom. The van der Waals surface area contributed by atoms with Crippen LogP contribution in [0.4, 0.5) is 26.3 Å². The molecule has 14 heteroatoms. The van der Waals surface area contributed by atoms with E-state index in [0.29, 0.717) is 5.75 Å². The molecular weight excluding hydrogens is 875 g/mol. The summed E-state index contributed by atoms with van der Waals surface area (Å²) in [5.41, 5.74) is 1.45. The van der Waals surface area contributed by atoms with Crippen LogP contribution in [0.25, 0.3) is 33.0 Å². The van der Waals surface area contributed by atoms with Crippen molar-refractivity contribution in [2.75, 3.05) is 0 Å². The molecule has 0 aromatic heterocycles. The molecule has 4 aromatic carbocycles. The van der Waals surface area contributed by atoms with Crippen LogP contribution in [-0.2, 0) is 30.2 Å². The van der Waals surface area contributed by atoms with Gasteiger partial charge in [0, 0.05) is 10.8 Å². The van der Waals surface area contributed by atoms with Gasteiger partial charge in [0.05, 0.1) is 0 Å². The molecule has 64 heavy (non-hydrogen) atoms. The fraction of sp³-hybridized carbons (Fsp3) is 0.560. The van der Waals surface area contributed by atoms with Crippen LogP contribution in [0.15, 0.2) is 60.7 Å². The lowest BCUT2D eigenvalue weighted by atomic mass is 9.67. The first kappa shape index (κ1) is 50.0. The second-order valence-electron chi connectivity index (χ2n) is 17.6. The number of unbranched alkanes of at least 4 members (excludes halogenated alkanes) is 12. The average molecular weight is 937 g/mol. The van der Waals surface area contributed by atoms with Crippen LogP contribution in [0.3, 0.4) is 0 Å². The topological polar surface area (TPSA) is 71.1 Å². The summed E-state index contributed by atoms with van der Waals surface area (Å²) in [4.78, 5) is 3.49. The van der Waals surface area contributed by atoms with E-state index in [1.165, 1.54) is 11.6 Å². The van der Waals surface area contributed by atoms with Gasteiger partial charge in [-0.05, 0) is 105 Å². The van der Waals surface area contributed by atoms with Crippen LogP contribution in [0.2, 0.25) is 0 Å². The van der Waals surface area contributed by atoms with E-state index in [1.54, 1.807) is 18.2 Å². The summed E-state index contributed by atoms with van der Waals surface area (Å²) in [6.45, 7) is 8.66. The zero-order chi connectivity index (χ0) is 46.2. The highest BCUT2D eigenvalue weighted by molar-refractivity contribution is 7.90. The van der Waals surface area contributed by atoms with Crippen molar-refractivity contribution in [1.29, 1.82) is 0 Å². The largest absolute Gasteiger partial charge is 0.550 e. The summed E-state index contributed by atoms with van der Waals surface area (Å²) in [5, 5.41) is 2.15. The van der Waals surface area contributed by atoms with Crippen molar-refractivity contribution in [1.82, 2.24) is 0 Å². The minimum atomic E-state index is -5.91. The number of hydrogen-bond acceptors (Lipinski definition) is 7. The van der Waals surface area contributed by atoms with Gasteiger partial charge in [0.2, 0.25) is 0 Å². The molecule has 0 aliphatic heterocycles. The monoisotopic (exact) mass is 936 g/mol. The van der Waals surface area contributed by atoms with Gasteiger partial charge in [0.1, 0.15) is 11.5 Å². The number of hydrogen-bond donors (Lipinski definition) is 0. The first-order valence-electron chi connectivity index (χ1n) is 23.2. The van der Waals surface area contributed by atoms with E-state index >= 15 is 0 Å². The van der Waals surface area contributed by atoms with E-state index in [0.717, 1.165) is 178 Å². The highest BCUT2D eigenvalue weighted by Gasteiger charge is 2.50. The molecule has 6 rings (SSSR count). The molecule has 0 fully saturated rings. The molecule has 6 nitrogen and oxygen atoms in total. The molecule has 0 radical (unpaired) electrons. The van der Waals surface area contributed by atoms with Crippen molar-refractivity contribution in [3.8, 4) is 33.8 Å². The molecule has 352 valence electrons. The Labute approximate surface area is 379 Å². The van der Waals surface area contributed by atoms with Crippen molar-refractivity contribution in [2.24, 2.45) is 0 Å². The lowest BCUT2D eigenvalue weighted by Gasteiger charge is -2.36. The molecule has 0 heterocycles. The first-order valence-corrected chi connectivity index (χ1v) is 25.3. The highest BCUT2D eigenvalue weighted by Crippen LogP contribution is 2.61. The minimum absolute atomic E-state index is 0.105. The zero-order valence-electron chi connectivity index (χ0n) is 37.4. The predicted molar refractivity (Wildman–Crippen MR) is 243 cm³/mol. The molecule has 0 amide bonds. The lowest BCUT2D eigenvalue weighted by molar-refractivity contribution is -0.441. The highest BCUT2D eigenvalue weighted by atomic mass is 32.2. The number of fused-ring (bicyclic) bond motifs is 9. The number of halogens is 6. The van der Waals surface area contributed by atoms with Crippen molar-refractivity contribution >= 4 is 33.2 Å². The third kappa shape index (κ3) is 10.7. The Kier molecular flexibility index (Phi) is 16.7. The van der Waals surface area contributed by atoms with Crippen molar-refractivity contribution < 1.29 is 52.3 Å². The molecule has 0 bridgehead atoms. The van der Waals surface area contributed by atoms with Gasteiger partial charge >= 0.3 is 22.0 Å². The van der Waals surface area contributed by atoms with E-state index in [-0.39, 0.29) is 18.1 Å².